The maximum absolute atomic E-state index is 12.8. The summed E-state index contributed by atoms with van der Waals surface area (Å²) < 4.78 is 0. The monoisotopic (exact) mass is 274 g/mol. The molecule has 2 unspecified atom stereocenters. The van der Waals surface area contributed by atoms with Gasteiger partial charge in [0.2, 0.25) is 0 Å². The van der Waals surface area contributed by atoms with Crippen molar-refractivity contribution >= 4 is 11.6 Å². The van der Waals surface area contributed by atoms with E-state index in [1.807, 2.05) is 29.2 Å². The number of para-hydroxylation sites is 1. The minimum absolute atomic E-state index is 0.170. The van der Waals surface area contributed by atoms with Gasteiger partial charge in [0.1, 0.15) is 0 Å². The smallest absolute Gasteiger partial charge is 0.256 e. The summed E-state index contributed by atoms with van der Waals surface area (Å²) in [6.07, 6.45) is 3.39. The third-order valence-corrected chi connectivity index (χ3v) is 4.10. The van der Waals surface area contributed by atoms with E-state index in [1.165, 1.54) is 6.42 Å². The number of carbonyl (C=O) groups is 1. The van der Waals surface area contributed by atoms with E-state index in [1.54, 1.807) is 0 Å². The molecule has 1 saturated heterocycles. The minimum atomic E-state index is 0.170. The number of hydrogen-bond acceptors (Lipinski definition) is 2. The molecule has 0 aromatic heterocycles. The molecule has 0 radical (unpaired) electrons. The van der Waals surface area contributed by atoms with Crippen molar-refractivity contribution in [2.75, 3.05) is 18.4 Å². The molecule has 1 N–H and O–H groups in total. The maximum Gasteiger partial charge on any atom is 0.256 e. The molecular formula is C17H26N2O. The number of piperidine rings is 1. The first-order valence-electron chi connectivity index (χ1n) is 7.77. The molecular weight excluding hydrogens is 248 g/mol. The van der Waals surface area contributed by atoms with Crippen LogP contribution in [0.25, 0.3) is 0 Å². The Balaban J connectivity index is 2.19. The average molecular weight is 274 g/mol. The van der Waals surface area contributed by atoms with E-state index < -0.39 is 0 Å². The lowest BCUT2D eigenvalue weighted by atomic mass is 9.94. The molecule has 1 aliphatic heterocycles. The van der Waals surface area contributed by atoms with Crippen molar-refractivity contribution in [3.63, 3.8) is 0 Å². The quantitative estimate of drug-likeness (QED) is 0.906. The van der Waals surface area contributed by atoms with E-state index in [0.717, 1.165) is 37.2 Å². The molecule has 2 atom stereocenters. The summed E-state index contributed by atoms with van der Waals surface area (Å²) in [6, 6.07) is 8.21. The highest BCUT2D eigenvalue weighted by Crippen LogP contribution is 2.25. The molecule has 0 aliphatic carbocycles. The van der Waals surface area contributed by atoms with Gasteiger partial charge in [0.15, 0.2) is 0 Å². The lowest BCUT2D eigenvalue weighted by Gasteiger charge is -2.37. The van der Waals surface area contributed by atoms with Gasteiger partial charge in [0.25, 0.3) is 5.91 Å². The van der Waals surface area contributed by atoms with Crippen LogP contribution < -0.4 is 5.32 Å². The van der Waals surface area contributed by atoms with Gasteiger partial charge in [-0.3, -0.25) is 4.79 Å². The van der Waals surface area contributed by atoms with E-state index in [9.17, 15) is 4.79 Å². The standard InChI is InChI=1S/C17H26N2O/c1-4-11-18-16-8-6-5-7-15(16)17(20)19-12-13(2)9-10-14(19)3/h5-8,13-14,18H,4,9-12H2,1-3H3. The first-order valence-corrected chi connectivity index (χ1v) is 7.77. The molecule has 1 aromatic rings. The molecule has 1 aliphatic rings. The second-order valence-corrected chi connectivity index (χ2v) is 5.96. The summed E-state index contributed by atoms with van der Waals surface area (Å²) in [5.74, 6) is 0.772. The Morgan fingerprint density at radius 1 is 1.30 bits per heavy atom. The molecule has 3 heteroatoms. The van der Waals surface area contributed by atoms with Gasteiger partial charge >= 0.3 is 0 Å². The number of rotatable bonds is 4. The fourth-order valence-electron chi connectivity index (χ4n) is 2.81. The number of carbonyl (C=O) groups excluding carboxylic acids is 1. The lowest BCUT2D eigenvalue weighted by molar-refractivity contribution is 0.0575. The van der Waals surface area contributed by atoms with Gasteiger partial charge in [-0.2, -0.15) is 0 Å². The van der Waals surface area contributed by atoms with E-state index >= 15 is 0 Å². The molecule has 2 rings (SSSR count). The summed E-state index contributed by atoms with van der Waals surface area (Å²) in [5.41, 5.74) is 1.77. The fraction of sp³-hybridized carbons (Fsp3) is 0.588. The van der Waals surface area contributed by atoms with Gasteiger partial charge in [-0.1, -0.05) is 26.0 Å². The number of benzene rings is 1. The third kappa shape index (κ3) is 3.33. The highest BCUT2D eigenvalue weighted by atomic mass is 16.2. The van der Waals surface area contributed by atoms with Crippen LogP contribution >= 0.6 is 0 Å². The molecule has 3 nitrogen and oxygen atoms in total. The van der Waals surface area contributed by atoms with Crippen molar-refractivity contribution < 1.29 is 4.79 Å². The van der Waals surface area contributed by atoms with Crippen LogP contribution in [0.5, 0.6) is 0 Å². The van der Waals surface area contributed by atoms with Gasteiger partial charge < -0.3 is 10.2 Å². The molecule has 0 spiro atoms. The van der Waals surface area contributed by atoms with Gasteiger partial charge in [-0.05, 0) is 44.2 Å². The molecule has 20 heavy (non-hydrogen) atoms. The zero-order chi connectivity index (χ0) is 14.5. The Kier molecular flexibility index (Phi) is 5.05. The van der Waals surface area contributed by atoms with Gasteiger partial charge in [-0.25, -0.2) is 0 Å². The Hall–Kier alpha value is -1.51. The van der Waals surface area contributed by atoms with Crippen LogP contribution in [0.2, 0.25) is 0 Å². The summed E-state index contributed by atoms with van der Waals surface area (Å²) in [6.45, 7) is 8.30. The Bertz CT molecular complexity index is 458. The number of likely N-dealkylation sites (tertiary alicyclic amines) is 1. The van der Waals surface area contributed by atoms with Crippen molar-refractivity contribution in [2.24, 2.45) is 5.92 Å². The van der Waals surface area contributed by atoms with Gasteiger partial charge in [-0.15, -0.1) is 0 Å². The molecule has 0 bridgehead atoms. The van der Waals surface area contributed by atoms with Crippen molar-refractivity contribution in [1.29, 1.82) is 0 Å². The van der Waals surface area contributed by atoms with Crippen LogP contribution in [0.1, 0.15) is 50.4 Å². The zero-order valence-electron chi connectivity index (χ0n) is 12.9. The van der Waals surface area contributed by atoms with Crippen molar-refractivity contribution in [1.82, 2.24) is 4.90 Å². The molecule has 110 valence electrons. The van der Waals surface area contributed by atoms with Crippen LogP contribution in [-0.2, 0) is 0 Å². The highest BCUT2D eigenvalue weighted by molar-refractivity contribution is 5.99. The third-order valence-electron chi connectivity index (χ3n) is 4.10. The number of nitrogens with zero attached hydrogens (tertiary/aromatic N) is 1. The summed E-state index contributed by atoms with van der Waals surface area (Å²) in [7, 11) is 0. The predicted octanol–water partition coefficient (Wildman–Crippen LogP) is 3.77. The van der Waals surface area contributed by atoms with E-state index in [2.05, 4.69) is 26.1 Å². The van der Waals surface area contributed by atoms with Crippen molar-refractivity contribution in [2.45, 2.75) is 46.1 Å². The first-order chi connectivity index (χ1) is 9.63. The van der Waals surface area contributed by atoms with Gasteiger partial charge in [0.05, 0.1) is 5.56 Å². The molecule has 0 saturated carbocycles. The SMILES string of the molecule is CCCNc1ccccc1C(=O)N1CC(C)CCC1C. The fourth-order valence-corrected chi connectivity index (χ4v) is 2.81. The van der Waals surface area contributed by atoms with E-state index in [-0.39, 0.29) is 5.91 Å². The topological polar surface area (TPSA) is 32.3 Å². The lowest BCUT2D eigenvalue weighted by Crippen LogP contribution is -2.45. The Labute approximate surface area is 122 Å². The summed E-state index contributed by atoms with van der Waals surface area (Å²) in [5, 5.41) is 3.36. The van der Waals surface area contributed by atoms with Crippen LogP contribution in [-0.4, -0.2) is 29.9 Å². The number of hydrogen-bond donors (Lipinski definition) is 1. The van der Waals surface area contributed by atoms with E-state index in [4.69, 9.17) is 0 Å². The number of amides is 1. The average Bonchev–Trinajstić information content (AvgIpc) is 2.47. The number of nitrogens with one attached hydrogen (secondary N) is 1. The second kappa shape index (κ2) is 6.78. The molecule has 1 fully saturated rings. The van der Waals surface area contributed by atoms with Crippen LogP contribution in [0, 0.1) is 5.92 Å². The molecule has 1 aromatic carbocycles. The van der Waals surface area contributed by atoms with Crippen LogP contribution in [0.3, 0.4) is 0 Å². The highest BCUT2D eigenvalue weighted by Gasteiger charge is 2.28. The van der Waals surface area contributed by atoms with E-state index in [0.29, 0.717) is 12.0 Å². The normalized spacial score (nSPS) is 22.6. The minimum Gasteiger partial charge on any atom is -0.384 e. The molecule has 1 heterocycles. The Morgan fingerprint density at radius 3 is 2.80 bits per heavy atom. The molecule has 1 amide bonds. The van der Waals surface area contributed by atoms with Crippen molar-refractivity contribution in [3.8, 4) is 0 Å². The predicted molar refractivity (Wildman–Crippen MR) is 84.1 cm³/mol. The zero-order valence-corrected chi connectivity index (χ0v) is 12.9. The summed E-state index contributed by atoms with van der Waals surface area (Å²) in [4.78, 5) is 14.9. The largest absolute Gasteiger partial charge is 0.384 e. The van der Waals surface area contributed by atoms with Crippen LogP contribution in [0.4, 0.5) is 5.69 Å². The van der Waals surface area contributed by atoms with Crippen LogP contribution in [0.15, 0.2) is 24.3 Å². The number of anilines is 1. The first kappa shape index (κ1) is 14.9. The maximum atomic E-state index is 12.8. The second-order valence-electron chi connectivity index (χ2n) is 5.96. The summed E-state index contributed by atoms with van der Waals surface area (Å²) >= 11 is 0. The van der Waals surface area contributed by atoms with Crippen molar-refractivity contribution in [3.05, 3.63) is 29.8 Å². The van der Waals surface area contributed by atoms with Gasteiger partial charge in [0, 0.05) is 24.8 Å². The Morgan fingerprint density at radius 2 is 2.05 bits per heavy atom.